The van der Waals surface area contributed by atoms with Gasteiger partial charge in [-0.25, -0.2) is 9.59 Å². The number of benzene rings is 1. The van der Waals surface area contributed by atoms with Crippen molar-refractivity contribution < 1.29 is 49.1 Å². The molecule has 198 valence electrons. The summed E-state index contributed by atoms with van der Waals surface area (Å²) in [7, 11) is 0. The predicted molar refractivity (Wildman–Crippen MR) is 129 cm³/mol. The van der Waals surface area contributed by atoms with E-state index >= 15 is 0 Å². The molecule has 0 aliphatic carbocycles. The van der Waals surface area contributed by atoms with Crippen LogP contribution in [-0.2, 0) is 19.1 Å². The van der Waals surface area contributed by atoms with Crippen LogP contribution in [0.2, 0.25) is 0 Å². The third kappa shape index (κ3) is 9.46. The lowest BCUT2D eigenvalue weighted by Gasteiger charge is -2.20. The minimum Gasteiger partial charge on any atom is -0.459 e. The van der Waals surface area contributed by atoms with E-state index < -0.39 is 73.0 Å². The van der Waals surface area contributed by atoms with Crippen molar-refractivity contribution in [1.29, 1.82) is 0 Å². The summed E-state index contributed by atoms with van der Waals surface area (Å²) in [5.41, 5.74) is -0.251. The van der Waals surface area contributed by atoms with Crippen molar-refractivity contribution in [3.05, 3.63) is 60.7 Å². The Morgan fingerprint density at radius 1 is 0.750 bits per heavy atom. The maximum atomic E-state index is 12.5. The zero-order valence-electron chi connectivity index (χ0n) is 20.4. The van der Waals surface area contributed by atoms with Crippen LogP contribution in [-0.4, -0.2) is 81.6 Å². The van der Waals surface area contributed by atoms with Crippen molar-refractivity contribution in [3.8, 4) is 0 Å². The number of hydrogen-bond donors (Lipinski definition) is 4. The summed E-state index contributed by atoms with van der Waals surface area (Å²) in [6.07, 6.45) is -3.11. The second-order valence-corrected chi connectivity index (χ2v) is 8.58. The van der Waals surface area contributed by atoms with Crippen molar-refractivity contribution in [3.63, 3.8) is 0 Å². The first-order chi connectivity index (χ1) is 16.9. The standard InChI is InChI=1S/C26H34O10/c1-5-21(29)23(31)15(3)11-17(27)13-35-25(33)19-9-7-8-10-20(19)26(34)36-14-18(28)12-16(4)24(32)22(30)6-2/h5-10,15-18,23-24,27-28,31-32H,1-2,11-14H2,3-4H3. The number of carbonyl (C=O) groups excluding carboxylic acids is 4. The number of ketones is 2. The SMILES string of the molecule is C=CC(=O)C(O)C(C)CC(O)COC(=O)c1ccccc1C(=O)OCC(O)CC(C)C(O)C(=O)C=C. The van der Waals surface area contributed by atoms with Gasteiger partial charge < -0.3 is 29.9 Å². The molecular weight excluding hydrogens is 472 g/mol. The lowest BCUT2D eigenvalue weighted by atomic mass is 9.95. The molecule has 0 aromatic heterocycles. The molecule has 1 aromatic carbocycles. The monoisotopic (exact) mass is 506 g/mol. The molecule has 36 heavy (non-hydrogen) atoms. The molecule has 0 bridgehead atoms. The van der Waals surface area contributed by atoms with E-state index in [-0.39, 0.29) is 24.0 Å². The lowest BCUT2D eigenvalue weighted by Crippen LogP contribution is -2.31. The lowest BCUT2D eigenvalue weighted by molar-refractivity contribution is -0.125. The largest absolute Gasteiger partial charge is 0.459 e. The molecule has 0 aliphatic rings. The Morgan fingerprint density at radius 3 is 1.39 bits per heavy atom. The van der Waals surface area contributed by atoms with Crippen molar-refractivity contribution in [2.75, 3.05) is 13.2 Å². The van der Waals surface area contributed by atoms with Gasteiger partial charge in [0.25, 0.3) is 0 Å². The molecule has 6 atom stereocenters. The number of aliphatic hydroxyl groups excluding tert-OH is 4. The number of esters is 2. The Balaban J connectivity index is 2.68. The quantitative estimate of drug-likeness (QED) is 0.188. The van der Waals surface area contributed by atoms with Gasteiger partial charge in [0.15, 0.2) is 11.6 Å². The molecule has 4 N–H and O–H groups in total. The number of hydrogen-bond acceptors (Lipinski definition) is 10. The smallest absolute Gasteiger partial charge is 0.339 e. The molecule has 0 radical (unpaired) electrons. The van der Waals surface area contributed by atoms with E-state index in [4.69, 9.17) is 9.47 Å². The van der Waals surface area contributed by atoms with Crippen LogP contribution in [0.25, 0.3) is 0 Å². The van der Waals surface area contributed by atoms with Gasteiger partial charge in [-0.15, -0.1) is 0 Å². The van der Waals surface area contributed by atoms with E-state index in [9.17, 15) is 39.6 Å². The van der Waals surface area contributed by atoms with Gasteiger partial charge in [-0.05, 0) is 49.0 Å². The molecule has 0 saturated carbocycles. The Labute approximate surface area is 209 Å². The van der Waals surface area contributed by atoms with Gasteiger partial charge in [0, 0.05) is 0 Å². The third-order valence-electron chi connectivity index (χ3n) is 5.53. The van der Waals surface area contributed by atoms with Gasteiger partial charge in [-0.1, -0.05) is 39.1 Å². The highest BCUT2D eigenvalue weighted by Gasteiger charge is 2.26. The zero-order chi connectivity index (χ0) is 27.4. The van der Waals surface area contributed by atoms with Gasteiger partial charge in [0.05, 0.1) is 23.3 Å². The molecular formula is C26H34O10. The maximum Gasteiger partial charge on any atom is 0.339 e. The van der Waals surface area contributed by atoms with Crippen molar-refractivity contribution in [2.24, 2.45) is 11.8 Å². The average molecular weight is 507 g/mol. The Kier molecular flexibility index (Phi) is 12.9. The van der Waals surface area contributed by atoms with Gasteiger partial charge >= 0.3 is 11.9 Å². The molecule has 0 fully saturated rings. The number of rotatable bonds is 16. The third-order valence-corrected chi connectivity index (χ3v) is 5.53. The molecule has 0 aliphatic heterocycles. The molecule has 0 saturated heterocycles. The fourth-order valence-electron chi connectivity index (χ4n) is 3.39. The van der Waals surface area contributed by atoms with E-state index in [2.05, 4.69) is 13.2 Å². The van der Waals surface area contributed by atoms with Crippen LogP contribution >= 0.6 is 0 Å². The van der Waals surface area contributed by atoms with E-state index in [1.54, 1.807) is 13.8 Å². The van der Waals surface area contributed by atoms with Crippen LogP contribution in [0.4, 0.5) is 0 Å². The molecule has 1 rings (SSSR count). The van der Waals surface area contributed by atoms with Gasteiger partial charge in [-0.3, -0.25) is 9.59 Å². The minimum absolute atomic E-state index is 0.0267. The highest BCUT2D eigenvalue weighted by molar-refractivity contribution is 6.03. The summed E-state index contributed by atoms with van der Waals surface area (Å²) < 4.78 is 10.2. The fourth-order valence-corrected chi connectivity index (χ4v) is 3.39. The highest BCUT2D eigenvalue weighted by atomic mass is 16.5. The normalized spacial score (nSPS) is 15.9. The summed E-state index contributed by atoms with van der Waals surface area (Å²) in [5, 5.41) is 39.9. The van der Waals surface area contributed by atoms with Crippen LogP contribution in [0, 0.1) is 11.8 Å². The highest BCUT2D eigenvalue weighted by Crippen LogP contribution is 2.17. The number of carbonyl (C=O) groups is 4. The zero-order valence-corrected chi connectivity index (χ0v) is 20.4. The van der Waals surface area contributed by atoms with Crippen LogP contribution < -0.4 is 0 Å². The van der Waals surface area contributed by atoms with Gasteiger partial charge in [0.1, 0.15) is 25.4 Å². The van der Waals surface area contributed by atoms with E-state index in [1.807, 2.05) is 0 Å². The van der Waals surface area contributed by atoms with E-state index in [0.29, 0.717) is 0 Å². The molecule has 1 aromatic rings. The maximum absolute atomic E-state index is 12.5. The molecule has 0 heterocycles. The Morgan fingerprint density at radius 2 is 1.08 bits per heavy atom. The minimum atomic E-state index is -1.34. The fraction of sp³-hybridized carbons (Fsp3) is 0.462. The first-order valence-electron chi connectivity index (χ1n) is 11.4. The predicted octanol–water partition coefficient (Wildman–Crippen LogP) is 1.01. The molecule has 10 nitrogen and oxygen atoms in total. The number of aliphatic hydroxyl groups is 4. The van der Waals surface area contributed by atoms with Crippen molar-refractivity contribution in [2.45, 2.75) is 51.1 Å². The topological polar surface area (TPSA) is 168 Å². The Bertz CT molecular complexity index is 865. The molecule has 6 unspecified atom stereocenters. The second-order valence-electron chi connectivity index (χ2n) is 8.58. The molecule has 0 spiro atoms. The summed E-state index contributed by atoms with van der Waals surface area (Å²) >= 11 is 0. The summed E-state index contributed by atoms with van der Waals surface area (Å²) in [6, 6.07) is 5.65. The van der Waals surface area contributed by atoms with Crippen LogP contribution in [0.3, 0.4) is 0 Å². The summed E-state index contributed by atoms with van der Waals surface area (Å²) in [4.78, 5) is 48.0. The number of ether oxygens (including phenoxy) is 2. The van der Waals surface area contributed by atoms with E-state index in [0.717, 1.165) is 12.2 Å². The van der Waals surface area contributed by atoms with Crippen LogP contribution in [0.15, 0.2) is 49.6 Å². The average Bonchev–Trinajstić information content (AvgIpc) is 2.88. The first kappa shape index (κ1) is 30.9. The van der Waals surface area contributed by atoms with Gasteiger partial charge in [-0.2, -0.15) is 0 Å². The Hall–Kier alpha value is -3.18. The van der Waals surface area contributed by atoms with Crippen molar-refractivity contribution in [1.82, 2.24) is 0 Å². The molecule has 0 amide bonds. The van der Waals surface area contributed by atoms with E-state index in [1.165, 1.54) is 24.3 Å². The van der Waals surface area contributed by atoms with Gasteiger partial charge in [0.2, 0.25) is 0 Å². The molecule has 10 heteroatoms. The van der Waals surface area contributed by atoms with Crippen LogP contribution in [0.1, 0.15) is 47.4 Å². The second kappa shape index (κ2) is 15.0. The first-order valence-corrected chi connectivity index (χ1v) is 11.4. The van der Waals surface area contributed by atoms with Crippen LogP contribution in [0.5, 0.6) is 0 Å². The van der Waals surface area contributed by atoms with Crippen molar-refractivity contribution >= 4 is 23.5 Å². The summed E-state index contributed by atoms with van der Waals surface area (Å²) in [5.74, 6) is -4.21. The summed E-state index contributed by atoms with van der Waals surface area (Å²) in [6.45, 7) is 8.80.